The lowest BCUT2D eigenvalue weighted by Gasteiger charge is -2.02. The first-order chi connectivity index (χ1) is 7.37. The number of benzene rings is 1. The molecular formula is C8HF5N2O. The van der Waals surface area contributed by atoms with Crippen LogP contribution in [-0.4, -0.2) is 16.9 Å². The molecule has 0 bridgehead atoms. The molecule has 1 amide bonds. The monoisotopic (exact) mass is 236 g/mol. The van der Waals surface area contributed by atoms with Crippen LogP contribution in [0.1, 0.15) is 15.9 Å². The van der Waals surface area contributed by atoms with Crippen molar-refractivity contribution in [1.29, 1.82) is 5.41 Å². The highest BCUT2D eigenvalue weighted by molar-refractivity contribution is 6.21. The maximum Gasteiger partial charge on any atom is 0.291 e. The van der Waals surface area contributed by atoms with Crippen LogP contribution in [-0.2, 0) is 0 Å². The molecule has 16 heavy (non-hydrogen) atoms. The molecule has 0 saturated carbocycles. The molecule has 0 radical (unpaired) electrons. The van der Waals surface area contributed by atoms with Gasteiger partial charge >= 0.3 is 0 Å². The normalized spacial score (nSPS) is 14.7. The molecule has 84 valence electrons. The lowest BCUT2D eigenvalue weighted by atomic mass is 10.1. The van der Waals surface area contributed by atoms with Crippen molar-refractivity contribution in [1.82, 2.24) is 5.12 Å². The number of nitrogens with one attached hydrogen (secondary N) is 1. The van der Waals surface area contributed by atoms with Gasteiger partial charge in [-0.1, -0.05) is 4.48 Å². The van der Waals surface area contributed by atoms with E-state index in [0.717, 1.165) is 0 Å². The SMILES string of the molecule is N=C1c2c(F)c(F)c(F)c(F)c2C(=O)N1F. The van der Waals surface area contributed by atoms with Crippen molar-refractivity contribution in [2.24, 2.45) is 0 Å². The lowest BCUT2D eigenvalue weighted by molar-refractivity contribution is 0.0557. The van der Waals surface area contributed by atoms with Crippen LogP contribution in [0, 0.1) is 28.7 Å². The highest BCUT2D eigenvalue weighted by atomic mass is 19.2. The quantitative estimate of drug-likeness (QED) is 0.318. The predicted octanol–water partition coefficient (Wildman–Crippen LogP) is 1.91. The summed E-state index contributed by atoms with van der Waals surface area (Å²) in [6, 6.07) is 0. The molecule has 0 aromatic heterocycles. The van der Waals surface area contributed by atoms with E-state index in [-0.39, 0.29) is 0 Å². The lowest BCUT2D eigenvalue weighted by Crippen LogP contribution is -2.20. The third kappa shape index (κ3) is 1.01. The van der Waals surface area contributed by atoms with E-state index >= 15 is 0 Å². The Labute approximate surface area is 84.5 Å². The van der Waals surface area contributed by atoms with Crippen LogP contribution >= 0.6 is 0 Å². The van der Waals surface area contributed by atoms with Crippen LogP contribution < -0.4 is 0 Å². The number of carbonyl (C=O) groups excluding carboxylic acids is 1. The van der Waals surface area contributed by atoms with Crippen molar-refractivity contribution < 1.29 is 26.8 Å². The molecule has 1 aliphatic heterocycles. The Bertz CT molecular complexity index is 495. The van der Waals surface area contributed by atoms with Crippen molar-refractivity contribution >= 4 is 11.7 Å². The van der Waals surface area contributed by atoms with Gasteiger partial charge in [0.05, 0.1) is 11.1 Å². The molecule has 8 heteroatoms. The van der Waals surface area contributed by atoms with Crippen LogP contribution in [0.15, 0.2) is 0 Å². The molecule has 1 aromatic carbocycles. The minimum atomic E-state index is -2.22. The fourth-order valence-corrected chi connectivity index (χ4v) is 1.35. The molecule has 1 aliphatic rings. The Morgan fingerprint density at radius 2 is 1.31 bits per heavy atom. The molecule has 1 aromatic rings. The standard InChI is InChI=1S/C8HF5N2O/c9-3-1-2(4(10)6(12)5(3)11)8(16)15(13)7(1)14/h14H. The average Bonchev–Trinajstić information content (AvgIpc) is 2.48. The summed E-state index contributed by atoms with van der Waals surface area (Å²) in [6.45, 7) is 0. The number of amides is 1. The van der Waals surface area contributed by atoms with E-state index in [1.165, 1.54) is 0 Å². The Hall–Kier alpha value is -1.99. The van der Waals surface area contributed by atoms with E-state index in [1.807, 2.05) is 0 Å². The summed E-state index contributed by atoms with van der Waals surface area (Å²) in [5, 5.41) is 6.01. The zero-order valence-corrected chi connectivity index (χ0v) is 7.25. The van der Waals surface area contributed by atoms with Gasteiger partial charge in [0.2, 0.25) is 0 Å². The fraction of sp³-hybridized carbons (Fsp3) is 0. The first-order valence-electron chi connectivity index (χ1n) is 3.83. The second kappa shape index (κ2) is 3.00. The Morgan fingerprint density at radius 3 is 1.81 bits per heavy atom. The zero-order chi connectivity index (χ0) is 12.2. The minimum Gasteiger partial charge on any atom is -0.282 e. The first-order valence-corrected chi connectivity index (χ1v) is 3.83. The highest BCUT2D eigenvalue weighted by Gasteiger charge is 2.42. The van der Waals surface area contributed by atoms with Crippen molar-refractivity contribution in [2.75, 3.05) is 0 Å². The van der Waals surface area contributed by atoms with Crippen molar-refractivity contribution in [3.63, 3.8) is 0 Å². The highest BCUT2D eigenvalue weighted by Crippen LogP contribution is 2.31. The molecule has 2 rings (SSSR count). The van der Waals surface area contributed by atoms with Crippen molar-refractivity contribution in [3.05, 3.63) is 34.4 Å². The van der Waals surface area contributed by atoms with Gasteiger partial charge in [0.25, 0.3) is 5.91 Å². The topological polar surface area (TPSA) is 44.2 Å². The molecular weight excluding hydrogens is 235 g/mol. The van der Waals surface area contributed by atoms with Gasteiger partial charge in [0.15, 0.2) is 29.1 Å². The Kier molecular flexibility index (Phi) is 1.97. The molecule has 0 unspecified atom stereocenters. The first kappa shape index (κ1) is 10.5. The van der Waals surface area contributed by atoms with Gasteiger partial charge < -0.3 is 0 Å². The zero-order valence-electron chi connectivity index (χ0n) is 7.25. The van der Waals surface area contributed by atoms with E-state index in [1.54, 1.807) is 0 Å². The van der Waals surface area contributed by atoms with E-state index in [9.17, 15) is 26.8 Å². The smallest absolute Gasteiger partial charge is 0.282 e. The third-order valence-electron chi connectivity index (χ3n) is 2.09. The minimum absolute atomic E-state index is 0.893. The van der Waals surface area contributed by atoms with E-state index < -0.39 is 51.3 Å². The van der Waals surface area contributed by atoms with Crippen LogP contribution in [0.4, 0.5) is 22.0 Å². The number of hydrogen-bond acceptors (Lipinski definition) is 2. The van der Waals surface area contributed by atoms with Crippen molar-refractivity contribution in [3.8, 4) is 0 Å². The van der Waals surface area contributed by atoms with E-state index in [4.69, 9.17) is 5.41 Å². The molecule has 0 saturated heterocycles. The summed E-state index contributed by atoms with van der Waals surface area (Å²) in [7, 11) is 0. The number of amidine groups is 1. The molecule has 0 fully saturated rings. The number of hydrogen-bond donors (Lipinski definition) is 1. The fourth-order valence-electron chi connectivity index (χ4n) is 1.35. The number of fused-ring (bicyclic) bond motifs is 1. The molecule has 1 heterocycles. The largest absolute Gasteiger partial charge is 0.291 e. The summed E-state index contributed by atoms with van der Waals surface area (Å²) in [6.07, 6.45) is 0. The van der Waals surface area contributed by atoms with E-state index in [2.05, 4.69) is 0 Å². The van der Waals surface area contributed by atoms with Crippen LogP contribution in [0.2, 0.25) is 0 Å². The summed E-state index contributed by atoms with van der Waals surface area (Å²) in [5.74, 6) is -11.5. The summed E-state index contributed by atoms with van der Waals surface area (Å²) in [4.78, 5) is 11.0. The second-order valence-electron chi connectivity index (χ2n) is 2.94. The molecule has 0 atom stereocenters. The average molecular weight is 236 g/mol. The molecule has 1 N–H and O–H groups in total. The molecule has 0 aliphatic carbocycles. The number of rotatable bonds is 0. The number of nitrogens with zero attached hydrogens (tertiary/aromatic N) is 1. The maximum absolute atomic E-state index is 13.1. The van der Waals surface area contributed by atoms with Gasteiger partial charge in [-0.3, -0.25) is 10.2 Å². The summed E-state index contributed by atoms with van der Waals surface area (Å²) < 4.78 is 64.4. The van der Waals surface area contributed by atoms with E-state index in [0.29, 0.717) is 0 Å². The number of halogens is 5. The van der Waals surface area contributed by atoms with Gasteiger partial charge in [-0.25, -0.2) is 17.6 Å². The van der Waals surface area contributed by atoms with Gasteiger partial charge in [-0.2, -0.15) is 0 Å². The van der Waals surface area contributed by atoms with Gasteiger partial charge in [0.1, 0.15) is 0 Å². The van der Waals surface area contributed by atoms with Crippen LogP contribution in [0.3, 0.4) is 0 Å². The van der Waals surface area contributed by atoms with Crippen LogP contribution in [0.5, 0.6) is 0 Å². The van der Waals surface area contributed by atoms with Gasteiger partial charge in [-0.15, -0.1) is 5.12 Å². The second-order valence-corrected chi connectivity index (χ2v) is 2.94. The van der Waals surface area contributed by atoms with Crippen molar-refractivity contribution in [2.45, 2.75) is 0 Å². The van der Waals surface area contributed by atoms with Crippen LogP contribution in [0.25, 0.3) is 0 Å². The Morgan fingerprint density at radius 1 is 0.875 bits per heavy atom. The molecule has 3 nitrogen and oxygen atoms in total. The van der Waals surface area contributed by atoms with Gasteiger partial charge in [0, 0.05) is 0 Å². The number of carbonyl (C=O) groups is 1. The Balaban J connectivity index is 2.91. The predicted molar refractivity (Wildman–Crippen MR) is 40.4 cm³/mol. The summed E-state index contributed by atoms with van der Waals surface area (Å²) in [5.41, 5.74) is -2.53. The third-order valence-corrected chi connectivity index (χ3v) is 2.09. The molecule has 0 spiro atoms. The van der Waals surface area contributed by atoms with Gasteiger partial charge in [-0.05, 0) is 0 Å². The maximum atomic E-state index is 13.1. The summed E-state index contributed by atoms with van der Waals surface area (Å²) >= 11 is 0.